The summed E-state index contributed by atoms with van der Waals surface area (Å²) in [5.41, 5.74) is 2.76. The van der Waals surface area contributed by atoms with E-state index in [2.05, 4.69) is 11.6 Å². The molecule has 2 aromatic carbocycles. The van der Waals surface area contributed by atoms with Crippen molar-refractivity contribution in [3.8, 4) is 5.75 Å². The Morgan fingerprint density at radius 2 is 1.87 bits per heavy atom. The predicted octanol–water partition coefficient (Wildman–Crippen LogP) is 3.47. The zero-order valence-corrected chi connectivity index (χ0v) is 18.5. The molecular formula is C22H27N3O4S. The average Bonchev–Trinajstić information content (AvgIpc) is 2.99. The summed E-state index contributed by atoms with van der Waals surface area (Å²) in [4.78, 5) is 13.1. The minimum atomic E-state index is -4.02. The number of carbonyl (C=O) groups excluding carboxylic acids is 1. The molecule has 1 heterocycles. The number of hydrogen-bond donors (Lipinski definition) is 1. The minimum absolute atomic E-state index is 0.161. The molecule has 30 heavy (non-hydrogen) atoms. The molecule has 1 N–H and O–H groups in total. The first-order valence-corrected chi connectivity index (χ1v) is 11.2. The van der Waals surface area contributed by atoms with Gasteiger partial charge in [-0.15, -0.1) is 0 Å². The first-order valence-electron chi connectivity index (χ1n) is 9.77. The van der Waals surface area contributed by atoms with E-state index < -0.39 is 16.1 Å². The standard InChI is InChI=1S/C22H27N3O4S/c1-5-13-25-16(2)21(19-14-18(29-4)11-12-20(19)25)22(26)23-30(27,28)24(3)15-17-9-7-6-8-10-17/h6-12,14H,5,13,15H2,1-4H3,(H,23,26). The van der Waals surface area contributed by atoms with Crippen LogP contribution < -0.4 is 9.46 Å². The number of ether oxygens (including phenoxy) is 1. The largest absolute Gasteiger partial charge is 0.497 e. The van der Waals surface area contributed by atoms with Crippen LogP contribution in [0.1, 0.15) is 35.0 Å². The molecule has 1 amide bonds. The lowest BCUT2D eigenvalue weighted by Crippen LogP contribution is -2.41. The van der Waals surface area contributed by atoms with Crippen LogP contribution in [-0.4, -0.2) is 37.4 Å². The molecule has 0 saturated carbocycles. The van der Waals surface area contributed by atoms with Crippen LogP contribution in [0, 0.1) is 6.92 Å². The second kappa shape index (κ2) is 8.89. The Balaban J connectivity index is 1.95. The molecule has 0 aliphatic rings. The summed E-state index contributed by atoms with van der Waals surface area (Å²) < 4.78 is 36.3. The molecule has 0 saturated heterocycles. The Bertz CT molecular complexity index is 1150. The van der Waals surface area contributed by atoms with Crippen molar-refractivity contribution in [1.29, 1.82) is 0 Å². The van der Waals surface area contributed by atoms with Gasteiger partial charge in [0.15, 0.2) is 0 Å². The molecule has 0 unspecified atom stereocenters. The Labute approximate surface area is 177 Å². The van der Waals surface area contributed by atoms with Gasteiger partial charge in [-0.25, -0.2) is 4.72 Å². The Kier molecular flexibility index (Phi) is 6.48. The summed E-state index contributed by atoms with van der Waals surface area (Å²) in [5.74, 6) is -0.0465. The van der Waals surface area contributed by atoms with Gasteiger partial charge in [0.05, 0.1) is 12.7 Å². The van der Waals surface area contributed by atoms with E-state index in [4.69, 9.17) is 4.74 Å². The van der Waals surface area contributed by atoms with Crippen molar-refractivity contribution in [1.82, 2.24) is 13.6 Å². The summed E-state index contributed by atoms with van der Waals surface area (Å²) >= 11 is 0. The minimum Gasteiger partial charge on any atom is -0.497 e. The van der Waals surface area contributed by atoms with Gasteiger partial charge in [-0.05, 0) is 37.1 Å². The van der Waals surface area contributed by atoms with Crippen molar-refractivity contribution in [2.45, 2.75) is 33.4 Å². The SMILES string of the molecule is CCCn1c(C)c(C(=O)NS(=O)(=O)N(C)Cc2ccccc2)c2cc(OC)ccc21. The molecule has 0 aliphatic carbocycles. The van der Waals surface area contributed by atoms with Crippen LogP contribution in [0.15, 0.2) is 48.5 Å². The van der Waals surface area contributed by atoms with Crippen molar-refractivity contribution in [2.75, 3.05) is 14.2 Å². The van der Waals surface area contributed by atoms with Crippen molar-refractivity contribution >= 4 is 27.0 Å². The first kappa shape index (κ1) is 21.9. The highest BCUT2D eigenvalue weighted by Crippen LogP contribution is 2.30. The van der Waals surface area contributed by atoms with Gasteiger partial charge in [0.25, 0.3) is 5.91 Å². The molecule has 8 heteroatoms. The summed E-state index contributed by atoms with van der Waals surface area (Å²) in [5, 5.41) is 0.665. The second-order valence-corrected chi connectivity index (χ2v) is 8.95. The van der Waals surface area contributed by atoms with Crippen LogP contribution in [0.25, 0.3) is 10.9 Å². The predicted molar refractivity (Wildman–Crippen MR) is 118 cm³/mol. The van der Waals surface area contributed by atoms with Crippen molar-refractivity contribution in [3.63, 3.8) is 0 Å². The maximum Gasteiger partial charge on any atom is 0.304 e. The van der Waals surface area contributed by atoms with Crippen LogP contribution in [0.2, 0.25) is 0 Å². The molecule has 0 spiro atoms. The lowest BCUT2D eigenvalue weighted by atomic mass is 10.1. The third-order valence-electron chi connectivity index (χ3n) is 5.08. The van der Waals surface area contributed by atoms with Gasteiger partial charge in [-0.2, -0.15) is 12.7 Å². The lowest BCUT2D eigenvalue weighted by molar-refractivity contribution is 0.0980. The van der Waals surface area contributed by atoms with E-state index in [1.807, 2.05) is 54.0 Å². The fourth-order valence-electron chi connectivity index (χ4n) is 3.56. The Morgan fingerprint density at radius 1 is 1.17 bits per heavy atom. The first-order chi connectivity index (χ1) is 14.3. The van der Waals surface area contributed by atoms with E-state index in [-0.39, 0.29) is 6.54 Å². The third kappa shape index (κ3) is 4.34. The molecule has 3 rings (SSSR count). The maximum absolute atomic E-state index is 13.1. The van der Waals surface area contributed by atoms with Gasteiger partial charge in [-0.3, -0.25) is 4.79 Å². The molecular weight excluding hydrogens is 402 g/mol. The van der Waals surface area contributed by atoms with E-state index >= 15 is 0 Å². The van der Waals surface area contributed by atoms with E-state index in [1.54, 1.807) is 13.2 Å². The summed E-state index contributed by atoms with van der Waals surface area (Å²) in [6.07, 6.45) is 0.885. The Morgan fingerprint density at radius 3 is 2.50 bits per heavy atom. The number of nitrogens with zero attached hydrogens (tertiary/aromatic N) is 2. The van der Waals surface area contributed by atoms with Crippen LogP contribution in [0.3, 0.4) is 0 Å². The number of rotatable bonds is 8. The fourth-order valence-corrected chi connectivity index (χ4v) is 4.37. The van der Waals surface area contributed by atoms with Gasteiger partial charge >= 0.3 is 10.2 Å². The maximum atomic E-state index is 13.1. The lowest BCUT2D eigenvalue weighted by Gasteiger charge is -2.18. The van der Waals surface area contributed by atoms with Crippen molar-refractivity contribution in [3.05, 3.63) is 65.4 Å². The number of nitrogens with one attached hydrogen (secondary N) is 1. The smallest absolute Gasteiger partial charge is 0.304 e. The normalized spacial score (nSPS) is 11.8. The fraction of sp³-hybridized carbons (Fsp3) is 0.318. The highest BCUT2D eigenvalue weighted by molar-refractivity contribution is 7.87. The van der Waals surface area contributed by atoms with Gasteiger partial charge in [-0.1, -0.05) is 37.3 Å². The topological polar surface area (TPSA) is 80.6 Å². The highest BCUT2D eigenvalue weighted by Gasteiger charge is 2.26. The van der Waals surface area contributed by atoms with Crippen LogP contribution in [0.5, 0.6) is 5.75 Å². The second-order valence-electron chi connectivity index (χ2n) is 7.17. The van der Waals surface area contributed by atoms with E-state index in [0.29, 0.717) is 16.7 Å². The molecule has 1 aromatic heterocycles. The van der Waals surface area contributed by atoms with E-state index in [9.17, 15) is 13.2 Å². The quantitative estimate of drug-likeness (QED) is 0.595. The monoisotopic (exact) mass is 429 g/mol. The van der Waals surface area contributed by atoms with Crippen LogP contribution in [0.4, 0.5) is 0 Å². The summed E-state index contributed by atoms with van der Waals surface area (Å²) in [6.45, 7) is 4.77. The van der Waals surface area contributed by atoms with Crippen molar-refractivity contribution in [2.24, 2.45) is 0 Å². The number of hydrogen-bond acceptors (Lipinski definition) is 4. The number of carbonyl (C=O) groups is 1. The van der Waals surface area contributed by atoms with Crippen LogP contribution in [-0.2, 0) is 23.3 Å². The zero-order valence-electron chi connectivity index (χ0n) is 17.7. The third-order valence-corrected chi connectivity index (χ3v) is 6.48. The van der Waals surface area contributed by atoms with Gasteiger partial charge in [0.1, 0.15) is 5.75 Å². The molecule has 0 bridgehead atoms. The van der Waals surface area contributed by atoms with E-state index in [0.717, 1.165) is 34.0 Å². The molecule has 7 nitrogen and oxygen atoms in total. The summed E-state index contributed by atoms with van der Waals surface area (Å²) in [7, 11) is -1.02. The molecule has 160 valence electrons. The molecule has 0 radical (unpaired) electrons. The van der Waals surface area contributed by atoms with Crippen molar-refractivity contribution < 1.29 is 17.9 Å². The molecule has 3 aromatic rings. The zero-order chi connectivity index (χ0) is 21.9. The number of amides is 1. The highest BCUT2D eigenvalue weighted by atomic mass is 32.2. The summed E-state index contributed by atoms with van der Waals surface area (Å²) in [6, 6.07) is 14.7. The van der Waals surface area contributed by atoms with Crippen LogP contribution >= 0.6 is 0 Å². The Hall–Kier alpha value is -2.84. The number of benzene rings is 2. The molecule has 0 aliphatic heterocycles. The molecule has 0 fully saturated rings. The van der Waals surface area contributed by atoms with Gasteiger partial charge in [0, 0.05) is 36.7 Å². The van der Waals surface area contributed by atoms with Gasteiger partial charge in [0.2, 0.25) is 0 Å². The average molecular weight is 430 g/mol. The number of fused-ring (bicyclic) bond motifs is 1. The number of aromatic nitrogens is 1. The number of aryl methyl sites for hydroxylation is 1. The number of methoxy groups -OCH3 is 1. The molecule has 0 atom stereocenters. The van der Waals surface area contributed by atoms with E-state index in [1.165, 1.54) is 7.05 Å². The van der Waals surface area contributed by atoms with Gasteiger partial charge < -0.3 is 9.30 Å².